The van der Waals surface area contributed by atoms with Crippen molar-refractivity contribution in [2.45, 2.75) is 13.5 Å². The third-order valence-electron chi connectivity index (χ3n) is 3.70. The van der Waals surface area contributed by atoms with Crippen LogP contribution >= 0.6 is 0 Å². The lowest BCUT2D eigenvalue weighted by molar-refractivity contribution is 0.0775. The van der Waals surface area contributed by atoms with E-state index in [1.54, 1.807) is 43.6 Å². The van der Waals surface area contributed by atoms with E-state index >= 15 is 0 Å². The van der Waals surface area contributed by atoms with Gasteiger partial charge in [0.25, 0.3) is 5.91 Å². The lowest BCUT2D eigenvalue weighted by Crippen LogP contribution is -2.27. The number of hydrogen-bond acceptors (Lipinski definition) is 4. The molecule has 0 fully saturated rings. The lowest BCUT2D eigenvalue weighted by atomic mass is 10.2. The van der Waals surface area contributed by atoms with Crippen LogP contribution in [0.4, 0.5) is 15.9 Å². The van der Waals surface area contributed by atoms with Gasteiger partial charge in [0.2, 0.25) is 0 Å². The number of para-hydroxylation sites is 1. The molecule has 1 aromatic carbocycles. The van der Waals surface area contributed by atoms with Crippen LogP contribution in [0.5, 0.6) is 0 Å². The van der Waals surface area contributed by atoms with Gasteiger partial charge in [-0.3, -0.25) is 4.79 Å². The van der Waals surface area contributed by atoms with E-state index in [9.17, 15) is 9.18 Å². The van der Waals surface area contributed by atoms with Crippen molar-refractivity contribution in [3.8, 4) is 0 Å². The van der Waals surface area contributed by atoms with Crippen molar-refractivity contribution >= 4 is 17.4 Å². The minimum absolute atomic E-state index is 0.235. The van der Waals surface area contributed by atoms with E-state index in [0.717, 1.165) is 5.76 Å². The fourth-order valence-corrected chi connectivity index (χ4v) is 2.45. The summed E-state index contributed by atoms with van der Waals surface area (Å²) in [5.74, 6) is 1.15. The van der Waals surface area contributed by atoms with Crippen LogP contribution in [0.1, 0.15) is 21.9 Å². The fourth-order valence-electron chi connectivity index (χ4n) is 2.45. The number of halogens is 1. The van der Waals surface area contributed by atoms with E-state index in [0.29, 0.717) is 23.7 Å². The summed E-state index contributed by atoms with van der Waals surface area (Å²) in [6.45, 7) is 2.18. The average Bonchev–Trinajstić information content (AvgIpc) is 3.01. The zero-order chi connectivity index (χ0) is 17.8. The number of rotatable bonds is 5. The molecule has 0 aliphatic carbocycles. The topological polar surface area (TPSA) is 58.4 Å². The number of anilines is 2. The zero-order valence-electron chi connectivity index (χ0n) is 14.0. The quantitative estimate of drug-likeness (QED) is 0.759. The van der Waals surface area contributed by atoms with Gasteiger partial charge in [-0.05, 0) is 43.3 Å². The summed E-state index contributed by atoms with van der Waals surface area (Å²) in [4.78, 5) is 18.5. The molecule has 0 aliphatic rings. The number of aromatic nitrogens is 1. The van der Waals surface area contributed by atoms with Crippen molar-refractivity contribution in [2.75, 3.05) is 12.4 Å². The highest BCUT2D eigenvalue weighted by molar-refractivity contribution is 5.99. The summed E-state index contributed by atoms with van der Waals surface area (Å²) in [7, 11) is 1.68. The summed E-state index contributed by atoms with van der Waals surface area (Å²) >= 11 is 0. The van der Waals surface area contributed by atoms with Crippen LogP contribution < -0.4 is 5.32 Å². The summed E-state index contributed by atoms with van der Waals surface area (Å²) < 4.78 is 19.4. The Hall–Kier alpha value is -3.15. The van der Waals surface area contributed by atoms with Crippen LogP contribution in [0.2, 0.25) is 0 Å². The number of furan rings is 1. The number of aryl methyl sites for hydroxylation is 1. The second kappa shape index (κ2) is 7.17. The summed E-state index contributed by atoms with van der Waals surface area (Å²) in [5.41, 5.74) is 0.621. The first-order valence-corrected chi connectivity index (χ1v) is 7.82. The maximum atomic E-state index is 13.9. The van der Waals surface area contributed by atoms with Gasteiger partial charge in [0.05, 0.1) is 17.8 Å². The standard InChI is InChI=1S/C19H18FN3O2/c1-13-9-10-14(25-13)12-23(2)19(24)15-6-5-11-21-18(15)22-17-8-4-3-7-16(17)20/h3-11H,12H2,1-2H3,(H,21,22). The molecule has 5 nitrogen and oxygen atoms in total. The maximum Gasteiger partial charge on any atom is 0.257 e. The number of benzene rings is 1. The molecular formula is C19H18FN3O2. The molecule has 25 heavy (non-hydrogen) atoms. The molecule has 6 heteroatoms. The van der Waals surface area contributed by atoms with E-state index in [1.165, 1.54) is 11.0 Å². The smallest absolute Gasteiger partial charge is 0.257 e. The van der Waals surface area contributed by atoms with E-state index < -0.39 is 5.82 Å². The lowest BCUT2D eigenvalue weighted by Gasteiger charge is -2.18. The molecular weight excluding hydrogens is 321 g/mol. The Morgan fingerprint density at radius 2 is 2.00 bits per heavy atom. The van der Waals surface area contributed by atoms with Crippen LogP contribution in [0.3, 0.4) is 0 Å². The number of carbonyl (C=O) groups is 1. The van der Waals surface area contributed by atoms with Gasteiger partial charge in [-0.1, -0.05) is 12.1 Å². The van der Waals surface area contributed by atoms with Gasteiger partial charge in [0.1, 0.15) is 23.2 Å². The summed E-state index contributed by atoms with van der Waals surface area (Å²) in [5, 5.41) is 2.89. The van der Waals surface area contributed by atoms with Gasteiger partial charge >= 0.3 is 0 Å². The molecule has 3 aromatic rings. The van der Waals surface area contributed by atoms with Crippen LogP contribution in [0, 0.1) is 12.7 Å². The minimum atomic E-state index is -0.411. The molecule has 2 aromatic heterocycles. The van der Waals surface area contributed by atoms with Crippen molar-refractivity contribution in [3.05, 3.63) is 77.6 Å². The molecule has 0 spiro atoms. The Kier molecular flexibility index (Phi) is 4.79. The summed E-state index contributed by atoms with van der Waals surface area (Å²) in [6, 6.07) is 13.3. The predicted molar refractivity (Wildman–Crippen MR) is 93.2 cm³/mol. The highest BCUT2D eigenvalue weighted by Gasteiger charge is 2.18. The van der Waals surface area contributed by atoms with E-state index in [4.69, 9.17) is 4.42 Å². The second-order valence-electron chi connectivity index (χ2n) is 5.68. The number of carbonyl (C=O) groups excluding carboxylic acids is 1. The molecule has 128 valence electrons. The number of pyridine rings is 1. The first kappa shape index (κ1) is 16.7. The first-order valence-electron chi connectivity index (χ1n) is 7.82. The molecule has 1 amide bonds. The number of hydrogen-bond donors (Lipinski definition) is 1. The first-order chi connectivity index (χ1) is 12.0. The molecule has 0 aliphatic heterocycles. The minimum Gasteiger partial charge on any atom is -0.464 e. The van der Waals surface area contributed by atoms with Crippen LogP contribution in [0.25, 0.3) is 0 Å². The molecule has 0 atom stereocenters. The maximum absolute atomic E-state index is 13.9. The number of nitrogens with one attached hydrogen (secondary N) is 1. The molecule has 0 saturated heterocycles. The van der Waals surface area contributed by atoms with Crippen molar-refractivity contribution in [1.29, 1.82) is 0 Å². The Labute approximate surface area is 145 Å². The van der Waals surface area contributed by atoms with Crippen LogP contribution in [-0.4, -0.2) is 22.8 Å². The van der Waals surface area contributed by atoms with Crippen molar-refractivity contribution < 1.29 is 13.6 Å². The van der Waals surface area contributed by atoms with E-state index in [2.05, 4.69) is 10.3 Å². The monoisotopic (exact) mass is 339 g/mol. The second-order valence-corrected chi connectivity index (χ2v) is 5.68. The Balaban J connectivity index is 1.82. The van der Waals surface area contributed by atoms with Crippen LogP contribution in [-0.2, 0) is 6.54 Å². The molecule has 3 rings (SSSR count). The van der Waals surface area contributed by atoms with E-state index in [1.807, 2.05) is 19.1 Å². The van der Waals surface area contributed by atoms with Gasteiger partial charge in [0, 0.05) is 13.2 Å². The van der Waals surface area contributed by atoms with Crippen LogP contribution in [0.15, 0.2) is 59.1 Å². The fraction of sp³-hybridized carbons (Fsp3) is 0.158. The highest BCUT2D eigenvalue weighted by Crippen LogP contribution is 2.22. The SMILES string of the molecule is Cc1ccc(CN(C)C(=O)c2cccnc2Nc2ccccc2F)o1. The van der Waals surface area contributed by atoms with Gasteiger partial charge in [-0.15, -0.1) is 0 Å². The average molecular weight is 339 g/mol. The normalized spacial score (nSPS) is 10.5. The van der Waals surface area contributed by atoms with Gasteiger partial charge < -0.3 is 14.6 Å². The van der Waals surface area contributed by atoms with Gasteiger partial charge in [-0.25, -0.2) is 9.37 Å². The third kappa shape index (κ3) is 3.85. The van der Waals surface area contributed by atoms with Gasteiger partial charge in [-0.2, -0.15) is 0 Å². The number of nitrogens with zero attached hydrogens (tertiary/aromatic N) is 2. The highest BCUT2D eigenvalue weighted by atomic mass is 19.1. The molecule has 0 bridgehead atoms. The predicted octanol–water partition coefficient (Wildman–Crippen LogP) is 4.14. The Morgan fingerprint density at radius 1 is 1.20 bits per heavy atom. The Morgan fingerprint density at radius 3 is 2.72 bits per heavy atom. The third-order valence-corrected chi connectivity index (χ3v) is 3.70. The zero-order valence-corrected chi connectivity index (χ0v) is 14.0. The van der Waals surface area contributed by atoms with Crippen molar-refractivity contribution in [2.24, 2.45) is 0 Å². The van der Waals surface area contributed by atoms with Crippen molar-refractivity contribution in [3.63, 3.8) is 0 Å². The number of amides is 1. The molecule has 2 heterocycles. The van der Waals surface area contributed by atoms with Gasteiger partial charge in [0.15, 0.2) is 0 Å². The molecule has 0 unspecified atom stereocenters. The summed E-state index contributed by atoms with van der Waals surface area (Å²) in [6.07, 6.45) is 1.55. The van der Waals surface area contributed by atoms with E-state index in [-0.39, 0.29) is 11.6 Å². The molecule has 0 radical (unpaired) electrons. The molecule has 0 saturated carbocycles. The largest absolute Gasteiger partial charge is 0.464 e. The van der Waals surface area contributed by atoms with Crippen molar-refractivity contribution in [1.82, 2.24) is 9.88 Å². The Bertz CT molecular complexity index is 892. The molecule has 1 N–H and O–H groups in total.